The number of nitrogens with one attached hydrogen (secondary N) is 1. The molecule has 1 aromatic rings. The van der Waals surface area contributed by atoms with Crippen molar-refractivity contribution >= 4 is 0 Å². The van der Waals surface area contributed by atoms with E-state index in [-0.39, 0.29) is 5.56 Å². The number of rotatable bonds is 0. The summed E-state index contributed by atoms with van der Waals surface area (Å²) in [6, 6.07) is 0. The highest BCUT2D eigenvalue weighted by Gasteiger charge is 2.13. The van der Waals surface area contributed by atoms with Gasteiger partial charge in [0.2, 0.25) is 0 Å². The van der Waals surface area contributed by atoms with Crippen molar-refractivity contribution in [3.63, 3.8) is 0 Å². The lowest BCUT2D eigenvalue weighted by Gasteiger charge is -2.05. The second-order valence-corrected chi connectivity index (χ2v) is 2.95. The highest BCUT2D eigenvalue weighted by atomic mass is 16.5. The van der Waals surface area contributed by atoms with Gasteiger partial charge in [0, 0.05) is 25.7 Å². The maximum absolute atomic E-state index is 11.5. The van der Waals surface area contributed by atoms with E-state index in [0.717, 1.165) is 12.1 Å². The molecule has 0 atom stereocenters. The number of hydrogen-bond donors (Lipinski definition) is 1. The molecule has 0 spiro atoms. The van der Waals surface area contributed by atoms with Crippen LogP contribution in [0.25, 0.3) is 0 Å². The molecule has 1 aromatic heterocycles. The Morgan fingerprint density at radius 1 is 1.69 bits per heavy atom. The van der Waals surface area contributed by atoms with Crippen LogP contribution in [-0.4, -0.2) is 22.9 Å². The summed E-state index contributed by atoms with van der Waals surface area (Å²) in [5.41, 5.74) is 0.668. The summed E-state index contributed by atoms with van der Waals surface area (Å²) in [6.07, 6.45) is 1.66. The molecule has 1 N–H and O–H groups in total. The van der Waals surface area contributed by atoms with Gasteiger partial charge in [-0.15, -0.1) is 0 Å². The lowest BCUT2D eigenvalue weighted by Crippen LogP contribution is -2.22. The fourth-order valence-electron chi connectivity index (χ4n) is 1.28. The van der Waals surface area contributed by atoms with Gasteiger partial charge >= 0.3 is 5.56 Å². The number of aromatic nitrogens is 2. The Bertz CT molecular complexity index is 372. The van der Waals surface area contributed by atoms with E-state index >= 15 is 0 Å². The van der Waals surface area contributed by atoms with Gasteiger partial charge in [-0.25, -0.2) is 4.68 Å². The average Bonchev–Trinajstić information content (AvgIpc) is 2.36. The van der Waals surface area contributed by atoms with E-state index in [2.05, 4.69) is 10.4 Å². The van der Waals surface area contributed by atoms with Crippen LogP contribution in [0.3, 0.4) is 0 Å². The minimum absolute atomic E-state index is 0.166. The van der Waals surface area contributed by atoms with E-state index in [1.807, 2.05) is 0 Å². The lowest BCUT2D eigenvalue weighted by molar-refractivity contribution is 0.318. The molecule has 13 heavy (non-hydrogen) atoms. The van der Waals surface area contributed by atoms with Crippen LogP contribution in [0.15, 0.2) is 11.0 Å². The summed E-state index contributed by atoms with van der Waals surface area (Å²) in [4.78, 5) is 11.5. The number of hydrogen-bond acceptors (Lipinski definition) is 4. The zero-order valence-corrected chi connectivity index (χ0v) is 7.41. The monoisotopic (exact) mass is 181 g/mol. The first-order chi connectivity index (χ1) is 6.29. The van der Waals surface area contributed by atoms with Gasteiger partial charge < -0.3 is 10.1 Å². The maximum atomic E-state index is 11.5. The fraction of sp³-hybridized carbons (Fsp3) is 0.500. The molecule has 0 radical (unpaired) electrons. The zero-order chi connectivity index (χ0) is 9.26. The third kappa shape index (κ3) is 1.42. The topological polar surface area (TPSA) is 56.2 Å². The summed E-state index contributed by atoms with van der Waals surface area (Å²) >= 11 is 0. The van der Waals surface area contributed by atoms with Gasteiger partial charge in [-0.2, -0.15) is 5.10 Å². The Morgan fingerprint density at radius 2 is 2.54 bits per heavy atom. The molecule has 0 amide bonds. The molecule has 0 saturated heterocycles. The van der Waals surface area contributed by atoms with Crippen molar-refractivity contribution in [2.24, 2.45) is 7.05 Å². The average molecular weight is 181 g/mol. The Labute approximate surface area is 75.3 Å². The summed E-state index contributed by atoms with van der Waals surface area (Å²) in [5.74, 6) is 0.433. The van der Waals surface area contributed by atoms with Gasteiger partial charge in [0.1, 0.15) is 6.61 Å². The number of fused-ring (bicyclic) bond motifs is 1. The van der Waals surface area contributed by atoms with Crippen LogP contribution >= 0.6 is 0 Å². The molecule has 2 heterocycles. The van der Waals surface area contributed by atoms with E-state index < -0.39 is 0 Å². The van der Waals surface area contributed by atoms with Crippen molar-refractivity contribution in [2.45, 2.75) is 6.54 Å². The van der Waals surface area contributed by atoms with Gasteiger partial charge in [-0.05, 0) is 0 Å². The van der Waals surface area contributed by atoms with Crippen molar-refractivity contribution in [2.75, 3.05) is 13.2 Å². The highest BCUT2D eigenvalue weighted by Crippen LogP contribution is 2.12. The van der Waals surface area contributed by atoms with Crippen molar-refractivity contribution in [1.29, 1.82) is 0 Å². The van der Waals surface area contributed by atoms with Crippen LogP contribution in [0.5, 0.6) is 5.75 Å². The molecule has 0 fully saturated rings. The SMILES string of the molecule is Cn1ncc2c(c1=O)OCCNC2. The molecule has 0 aliphatic carbocycles. The first kappa shape index (κ1) is 8.25. The van der Waals surface area contributed by atoms with Crippen LogP contribution in [0.1, 0.15) is 5.56 Å². The van der Waals surface area contributed by atoms with Crippen LogP contribution in [0.2, 0.25) is 0 Å². The first-order valence-corrected chi connectivity index (χ1v) is 4.18. The molecular formula is C8H11N3O2. The number of ether oxygens (including phenoxy) is 1. The quantitative estimate of drug-likeness (QED) is 0.573. The van der Waals surface area contributed by atoms with E-state index in [1.165, 1.54) is 4.68 Å². The van der Waals surface area contributed by atoms with Gasteiger partial charge in [0.25, 0.3) is 0 Å². The summed E-state index contributed by atoms with van der Waals surface area (Å²) in [7, 11) is 1.62. The molecule has 5 heteroatoms. The lowest BCUT2D eigenvalue weighted by atomic mass is 10.3. The molecule has 2 rings (SSSR count). The molecule has 1 aliphatic rings. The van der Waals surface area contributed by atoms with E-state index in [1.54, 1.807) is 13.2 Å². The van der Waals surface area contributed by atoms with Crippen LogP contribution in [0.4, 0.5) is 0 Å². The normalized spacial score (nSPS) is 15.8. The molecule has 1 aliphatic heterocycles. The largest absolute Gasteiger partial charge is 0.486 e. The molecule has 70 valence electrons. The molecule has 0 unspecified atom stereocenters. The van der Waals surface area contributed by atoms with Crippen LogP contribution in [0, 0.1) is 0 Å². The van der Waals surface area contributed by atoms with Gasteiger partial charge in [0.05, 0.1) is 6.20 Å². The molecule has 0 bridgehead atoms. The van der Waals surface area contributed by atoms with Crippen LogP contribution in [-0.2, 0) is 13.6 Å². The second-order valence-electron chi connectivity index (χ2n) is 2.95. The van der Waals surface area contributed by atoms with Gasteiger partial charge in [-0.3, -0.25) is 4.79 Å². The van der Waals surface area contributed by atoms with E-state index in [9.17, 15) is 4.79 Å². The van der Waals surface area contributed by atoms with Crippen molar-refractivity contribution in [3.8, 4) is 5.75 Å². The molecule has 0 aromatic carbocycles. The minimum atomic E-state index is -0.166. The smallest absolute Gasteiger partial charge is 0.309 e. The van der Waals surface area contributed by atoms with Crippen molar-refractivity contribution in [1.82, 2.24) is 15.1 Å². The van der Waals surface area contributed by atoms with Gasteiger partial charge in [-0.1, -0.05) is 0 Å². The predicted octanol–water partition coefficient (Wildman–Crippen LogP) is -0.738. The predicted molar refractivity (Wildman–Crippen MR) is 46.7 cm³/mol. The van der Waals surface area contributed by atoms with Crippen molar-refractivity contribution in [3.05, 3.63) is 22.1 Å². The number of nitrogens with zero attached hydrogens (tertiary/aromatic N) is 2. The Balaban J connectivity index is 2.54. The first-order valence-electron chi connectivity index (χ1n) is 4.18. The summed E-state index contributed by atoms with van der Waals surface area (Å²) in [6.45, 7) is 1.95. The molecule has 0 saturated carbocycles. The fourth-order valence-corrected chi connectivity index (χ4v) is 1.28. The zero-order valence-electron chi connectivity index (χ0n) is 7.41. The van der Waals surface area contributed by atoms with Gasteiger partial charge in [0.15, 0.2) is 5.75 Å². The summed E-state index contributed by atoms with van der Waals surface area (Å²) < 4.78 is 6.61. The van der Waals surface area contributed by atoms with E-state index in [0.29, 0.717) is 18.9 Å². The minimum Gasteiger partial charge on any atom is -0.486 e. The molecular weight excluding hydrogens is 170 g/mol. The Hall–Kier alpha value is -1.36. The Kier molecular flexibility index (Phi) is 2.02. The highest BCUT2D eigenvalue weighted by molar-refractivity contribution is 5.28. The van der Waals surface area contributed by atoms with Crippen LogP contribution < -0.4 is 15.6 Å². The van der Waals surface area contributed by atoms with Crippen molar-refractivity contribution < 1.29 is 4.74 Å². The number of aryl methyl sites for hydroxylation is 1. The van der Waals surface area contributed by atoms with E-state index in [4.69, 9.17) is 4.74 Å². The second kappa shape index (κ2) is 3.18. The third-order valence-corrected chi connectivity index (χ3v) is 2.01. The Morgan fingerprint density at radius 3 is 3.38 bits per heavy atom. The maximum Gasteiger partial charge on any atom is 0.309 e. The summed E-state index contributed by atoms with van der Waals surface area (Å²) in [5, 5.41) is 7.05. The standard InChI is InChI=1S/C8H11N3O2/c1-11-8(12)7-6(5-10-11)4-9-2-3-13-7/h5,9H,2-4H2,1H3. The third-order valence-electron chi connectivity index (χ3n) is 2.01. The molecule has 5 nitrogen and oxygen atoms in total.